The maximum atomic E-state index is 10.8. The summed E-state index contributed by atoms with van der Waals surface area (Å²) < 4.78 is 0. The Kier molecular flexibility index (Phi) is 3.02. The lowest BCUT2D eigenvalue weighted by Gasteiger charge is -2.15. The molecule has 0 aliphatic rings. The molecular formula is C9H9N3O2. The summed E-state index contributed by atoms with van der Waals surface area (Å²) in [5.74, 6) is 1.63. The van der Waals surface area contributed by atoms with Crippen LogP contribution in [-0.4, -0.2) is 34.9 Å². The molecule has 1 N–H and O–H groups in total. The largest absolute Gasteiger partial charge is 0.478 e. The molecule has 5 nitrogen and oxygen atoms in total. The van der Waals surface area contributed by atoms with Crippen LogP contribution in [0.4, 0.5) is 5.82 Å². The summed E-state index contributed by atoms with van der Waals surface area (Å²) in [5.41, 5.74) is 0.0951. The van der Waals surface area contributed by atoms with Crippen LogP contribution in [0.3, 0.4) is 0 Å². The quantitative estimate of drug-likeness (QED) is 0.693. The monoisotopic (exact) mass is 191 g/mol. The second-order valence-electron chi connectivity index (χ2n) is 2.63. The topological polar surface area (TPSA) is 66.3 Å². The van der Waals surface area contributed by atoms with Crippen molar-refractivity contribution in [3.05, 3.63) is 17.8 Å². The van der Waals surface area contributed by atoms with E-state index in [1.165, 1.54) is 12.3 Å². The van der Waals surface area contributed by atoms with Gasteiger partial charge in [0.1, 0.15) is 5.56 Å². The molecule has 1 aromatic heterocycles. The summed E-state index contributed by atoms with van der Waals surface area (Å²) in [5, 5.41) is 16.2. The van der Waals surface area contributed by atoms with Gasteiger partial charge in [0.2, 0.25) is 0 Å². The highest BCUT2D eigenvalue weighted by molar-refractivity contribution is 5.93. The minimum absolute atomic E-state index is 0.0951. The molecule has 0 saturated carbocycles. The number of rotatable bonds is 3. The number of carbonyl (C=O) groups is 1. The highest BCUT2D eigenvalue weighted by atomic mass is 16.4. The van der Waals surface area contributed by atoms with Crippen LogP contribution in [0.15, 0.2) is 12.3 Å². The Balaban J connectivity index is 3.08. The Labute approximate surface area is 81.4 Å². The van der Waals surface area contributed by atoms with E-state index in [0.717, 1.165) is 0 Å². The zero-order valence-electron chi connectivity index (χ0n) is 7.64. The Morgan fingerprint density at radius 2 is 2.50 bits per heavy atom. The average Bonchev–Trinajstić information content (AvgIpc) is 2.18. The van der Waals surface area contributed by atoms with Gasteiger partial charge in [-0.15, -0.1) is 11.5 Å². The van der Waals surface area contributed by atoms with E-state index in [0.29, 0.717) is 6.54 Å². The maximum Gasteiger partial charge on any atom is 0.339 e. The first-order chi connectivity index (χ1) is 6.66. The third-order valence-electron chi connectivity index (χ3n) is 1.62. The van der Waals surface area contributed by atoms with E-state index < -0.39 is 5.97 Å². The first kappa shape index (κ1) is 9.99. The second kappa shape index (κ2) is 4.23. The number of nitrogens with zero attached hydrogens (tertiary/aromatic N) is 3. The highest BCUT2D eigenvalue weighted by Gasteiger charge is 2.13. The van der Waals surface area contributed by atoms with E-state index in [1.54, 1.807) is 11.9 Å². The summed E-state index contributed by atoms with van der Waals surface area (Å²) in [6.45, 7) is 0.291. The number of anilines is 1. The lowest BCUT2D eigenvalue weighted by molar-refractivity contribution is 0.0697. The summed E-state index contributed by atoms with van der Waals surface area (Å²) in [6.07, 6.45) is 6.44. The fourth-order valence-electron chi connectivity index (χ4n) is 0.985. The number of hydrogen-bond acceptors (Lipinski definition) is 4. The van der Waals surface area contributed by atoms with Crippen molar-refractivity contribution in [1.29, 1.82) is 0 Å². The number of carboxylic acids is 1. The minimum atomic E-state index is -1.04. The Morgan fingerprint density at radius 3 is 3.07 bits per heavy atom. The Bertz CT molecular complexity index is 384. The van der Waals surface area contributed by atoms with Crippen molar-refractivity contribution in [3.63, 3.8) is 0 Å². The fourth-order valence-corrected chi connectivity index (χ4v) is 0.985. The number of carboxylic acid groups (broad SMARTS) is 1. The molecule has 14 heavy (non-hydrogen) atoms. The summed E-state index contributed by atoms with van der Waals surface area (Å²) in [7, 11) is 1.66. The van der Waals surface area contributed by atoms with Crippen LogP contribution in [0.5, 0.6) is 0 Å². The van der Waals surface area contributed by atoms with Gasteiger partial charge < -0.3 is 10.0 Å². The van der Waals surface area contributed by atoms with Gasteiger partial charge in [0.25, 0.3) is 0 Å². The molecule has 0 saturated heterocycles. The first-order valence-corrected chi connectivity index (χ1v) is 3.86. The van der Waals surface area contributed by atoms with Crippen LogP contribution >= 0.6 is 0 Å². The van der Waals surface area contributed by atoms with Gasteiger partial charge in [0.15, 0.2) is 5.82 Å². The second-order valence-corrected chi connectivity index (χ2v) is 2.63. The standard InChI is InChI=1S/C9H9N3O2/c1-3-6-12(2)8-7(9(13)14)4-5-10-11-8/h1,4-5H,6H2,2H3,(H,13,14). The van der Waals surface area contributed by atoms with Gasteiger partial charge in [-0.25, -0.2) is 4.79 Å². The van der Waals surface area contributed by atoms with Crippen molar-refractivity contribution in [2.24, 2.45) is 0 Å². The van der Waals surface area contributed by atoms with E-state index >= 15 is 0 Å². The van der Waals surface area contributed by atoms with E-state index in [2.05, 4.69) is 16.1 Å². The number of hydrogen-bond donors (Lipinski definition) is 1. The van der Waals surface area contributed by atoms with Gasteiger partial charge in [0, 0.05) is 7.05 Å². The van der Waals surface area contributed by atoms with E-state index in [1.807, 2.05) is 0 Å². The first-order valence-electron chi connectivity index (χ1n) is 3.86. The van der Waals surface area contributed by atoms with Gasteiger partial charge in [0.05, 0.1) is 12.7 Å². The molecule has 0 fully saturated rings. The Hall–Kier alpha value is -2.09. The van der Waals surface area contributed by atoms with E-state index in [4.69, 9.17) is 11.5 Å². The predicted octanol–water partition coefficient (Wildman–Crippen LogP) is 0.244. The van der Waals surface area contributed by atoms with Crippen molar-refractivity contribution < 1.29 is 9.90 Å². The molecule has 0 spiro atoms. The van der Waals surface area contributed by atoms with Gasteiger partial charge in [-0.05, 0) is 6.07 Å². The maximum absolute atomic E-state index is 10.8. The molecule has 0 aliphatic heterocycles. The summed E-state index contributed by atoms with van der Waals surface area (Å²) in [6, 6.07) is 1.39. The lowest BCUT2D eigenvalue weighted by atomic mass is 10.2. The van der Waals surface area contributed by atoms with E-state index in [-0.39, 0.29) is 11.4 Å². The SMILES string of the molecule is C#CCN(C)c1nnccc1C(=O)O. The normalized spacial score (nSPS) is 9.14. The summed E-state index contributed by atoms with van der Waals surface area (Å²) >= 11 is 0. The van der Waals surface area contributed by atoms with Crippen LogP contribution in [-0.2, 0) is 0 Å². The van der Waals surface area contributed by atoms with Gasteiger partial charge >= 0.3 is 5.97 Å². The zero-order valence-corrected chi connectivity index (χ0v) is 7.64. The van der Waals surface area contributed by atoms with Crippen LogP contribution in [0.25, 0.3) is 0 Å². The van der Waals surface area contributed by atoms with Crippen molar-refractivity contribution in [3.8, 4) is 12.3 Å². The molecule has 72 valence electrons. The number of aromatic nitrogens is 2. The highest BCUT2D eigenvalue weighted by Crippen LogP contribution is 2.13. The molecular weight excluding hydrogens is 182 g/mol. The molecule has 0 unspecified atom stereocenters. The fraction of sp³-hybridized carbons (Fsp3) is 0.222. The molecule has 0 radical (unpaired) electrons. The molecule has 1 heterocycles. The molecule has 5 heteroatoms. The average molecular weight is 191 g/mol. The van der Waals surface area contributed by atoms with Crippen molar-refractivity contribution >= 4 is 11.8 Å². The van der Waals surface area contributed by atoms with Crippen molar-refractivity contribution in [2.45, 2.75) is 0 Å². The van der Waals surface area contributed by atoms with Gasteiger partial charge in [-0.3, -0.25) is 0 Å². The van der Waals surface area contributed by atoms with Crippen LogP contribution in [0.1, 0.15) is 10.4 Å². The summed E-state index contributed by atoms with van der Waals surface area (Å²) in [4.78, 5) is 12.3. The number of aromatic carboxylic acids is 1. The molecule has 0 aromatic carbocycles. The minimum Gasteiger partial charge on any atom is -0.478 e. The molecule has 1 rings (SSSR count). The lowest BCUT2D eigenvalue weighted by Crippen LogP contribution is -2.21. The molecule has 0 bridgehead atoms. The van der Waals surface area contributed by atoms with Crippen LogP contribution < -0.4 is 4.90 Å². The molecule has 0 aliphatic carbocycles. The number of terminal acetylenes is 1. The van der Waals surface area contributed by atoms with Crippen LogP contribution in [0, 0.1) is 12.3 Å². The smallest absolute Gasteiger partial charge is 0.339 e. The van der Waals surface area contributed by atoms with E-state index in [9.17, 15) is 4.79 Å². The third kappa shape index (κ3) is 1.98. The van der Waals surface area contributed by atoms with Gasteiger partial charge in [-0.1, -0.05) is 5.92 Å². The Morgan fingerprint density at radius 1 is 1.79 bits per heavy atom. The third-order valence-corrected chi connectivity index (χ3v) is 1.62. The molecule has 1 aromatic rings. The predicted molar refractivity (Wildman–Crippen MR) is 51.1 cm³/mol. The zero-order chi connectivity index (χ0) is 10.6. The molecule has 0 amide bonds. The van der Waals surface area contributed by atoms with Gasteiger partial charge in [-0.2, -0.15) is 5.10 Å². The van der Waals surface area contributed by atoms with Crippen molar-refractivity contribution in [1.82, 2.24) is 10.2 Å². The molecule has 0 atom stereocenters. The van der Waals surface area contributed by atoms with Crippen molar-refractivity contribution in [2.75, 3.05) is 18.5 Å². The van der Waals surface area contributed by atoms with Crippen LogP contribution in [0.2, 0.25) is 0 Å².